The standard InChI is InChI=1S/C40H46N10O4/c1-25(2)35(48-40-41-18-7-19-42-40)39(52)50-21-6-9-34(50)37-44-23-32(47-37)30-16-12-28(13-17-30)27-10-14-29(15-11-27)31-22-43-36(46-31)33-8-5-20-49(33)38(51)26(3)45-24-54-53-4/h7,10-19,22-26,33-35H,5-6,8-9,20-21H2,1-4H3,(H,43,46)(H,44,47)(H,41,42,48)/t26-,33-,34-,35+/m0/s1. The Morgan fingerprint density at radius 3 is 1.78 bits per heavy atom. The predicted molar refractivity (Wildman–Crippen MR) is 205 cm³/mol. The van der Waals surface area contributed by atoms with Crippen LogP contribution in [0, 0.1) is 5.92 Å². The van der Waals surface area contributed by atoms with E-state index in [1.165, 1.54) is 7.11 Å². The molecular weight excluding hydrogens is 685 g/mol. The fourth-order valence-corrected chi connectivity index (χ4v) is 7.29. The molecule has 2 aliphatic rings. The second kappa shape index (κ2) is 16.4. The van der Waals surface area contributed by atoms with Crippen molar-refractivity contribution in [1.82, 2.24) is 39.7 Å². The first kappa shape index (κ1) is 36.5. The number of aliphatic imine (C=N–C) groups is 1. The smallest absolute Gasteiger partial charge is 0.247 e. The molecule has 54 heavy (non-hydrogen) atoms. The van der Waals surface area contributed by atoms with Crippen molar-refractivity contribution in [3.05, 3.63) is 91.0 Å². The summed E-state index contributed by atoms with van der Waals surface area (Å²) >= 11 is 0. The van der Waals surface area contributed by atoms with E-state index >= 15 is 0 Å². The van der Waals surface area contributed by atoms with Crippen molar-refractivity contribution >= 4 is 24.2 Å². The van der Waals surface area contributed by atoms with Gasteiger partial charge in [-0.3, -0.25) is 9.59 Å². The molecule has 2 aromatic carbocycles. The van der Waals surface area contributed by atoms with Crippen molar-refractivity contribution in [1.29, 1.82) is 0 Å². The first-order valence-corrected chi connectivity index (χ1v) is 18.5. The van der Waals surface area contributed by atoms with Crippen LogP contribution in [0.5, 0.6) is 0 Å². The molecule has 3 aromatic heterocycles. The molecule has 14 nitrogen and oxygen atoms in total. The Morgan fingerprint density at radius 2 is 1.28 bits per heavy atom. The average Bonchev–Trinajstić information content (AvgIpc) is 4.04. The van der Waals surface area contributed by atoms with Crippen LogP contribution in [0.3, 0.4) is 0 Å². The molecule has 3 N–H and O–H groups in total. The lowest BCUT2D eigenvalue weighted by Gasteiger charge is -2.30. The van der Waals surface area contributed by atoms with Crippen LogP contribution in [-0.4, -0.2) is 90.2 Å². The van der Waals surface area contributed by atoms with E-state index in [1.807, 2.05) is 36.0 Å². The molecule has 0 bridgehead atoms. The molecule has 5 heterocycles. The Labute approximate surface area is 314 Å². The minimum absolute atomic E-state index is 0.0276. The zero-order valence-corrected chi connectivity index (χ0v) is 31.0. The average molecular weight is 731 g/mol. The van der Waals surface area contributed by atoms with Crippen LogP contribution in [0.4, 0.5) is 5.95 Å². The molecule has 2 saturated heterocycles. The number of benzene rings is 2. The first-order valence-electron chi connectivity index (χ1n) is 18.5. The lowest BCUT2D eigenvalue weighted by Crippen LogP contribution is -2.45. The number of carbonyl (C=O) groups excluding carboxylic acids is 2. The summed E-state index contributed by atoms with van der Waals surface area (Å²) in [7, 11) is 1.38. The molecule has 4 atom stereocenters. The van der Waals surface area contributed by atoms with E-state index in [4.69, 9.17) is 9.87 Å². The third kappa shape index (κ3) is 7.88. The number of amides is 2. The number of carbonyl (C=O) groups is 2. The molecule has 0 aliphatic carbocycles. The highest BCUT2D eigenvalue weighted by Crippen LogP contribution is 2.35. The first-order chi connectivity index (χ1) is 26.3. The minimum Gasteiger partial charge on any atom is -0.342 e. The summed E-state index contributed by atoms with van der Waals surface area (Å²) in [5.74, 6) is 2.00. The van der Waals surface area contributed by atoms with Crippen molar-refractivity contribution in [2.75, 3.05) is 25.5 Å². The number of anilines is 1. The number of rotatable bonds is 13. The number of H-pyrrole nitrogens is 2. The normalized spacial score (nSPS) is 18.4. The van der Waals surface area contributed by atoms with Crippen LogP contribution in [0.15, 0.2) is 84.4 Å². The number of hydrogen-bond donors (Lipinski definition) is 3. The Balaban J connectivity index is 0.991. The maximum Gasteiger partial charge on any atom is 0.247 e. The zero-order valence-electron chi connectivity index (χ0n) is 31.0. The Hall–Kier alpha value is -5.89. The molecule has 14 heteroatoms. The van der Waals surface area contributed by atoms with Crippen LogP contribution < -0.4 is 5.32 Å². The van der Waals surface area contributed by atoms with E-state index in [9.17, 15) is 9.59 Å². The predicted octanol–water partition coefficient (Wildman–Crippen LogP) is 6.38. The van der Waals surface area contributed by atoms with Gasteiger partial charge in [-0.05, 0) is 66.8 Å². The summed E-state index contributed by atoms with van der Waals surface area (Å²) in [6.45, 7) is 7.13. The van der Waals surface area contributed by atoms with Gasteiger partial charge >= 0.3 is 0 Å². The van der Waals surface area contributed by atoms with Gasteiger partial charge in [0, 0.05) is 25.5 Å². The van der Waals surface area contributed by atoms with Crippen molar-refractivity contribution in [3.8, 4) is 33.6 Å². The Morgan fingerprint density at radius 1 is 0.778 bits per heavy atom. The second-order valence-corrected chi connectivity index (χ2v) is 14.0. The molecule has 2 amide bonds. The SMILES string of the molecule is COOC=N[C@@H](C)C(=O)N1CCC[C@H]1c1ncc(-c2ccc(-c3ccc(-c4cnc([C@@H]5CCCN5C(=O)[C@H](Nc5ncccn5)C(C)C)[nH]4)cc3)cc2)[nH]1. The van der Waals surface area contributed by atoms with Gasteiger partial charge < -0.3 is 30.0 Å². The highest BCUT2D eigenvalue weighted by atomic mass is 17.2. The molecular formula is C40H46N10O4. The summed E-state index contributed by atoms with van der Waals surface area (Å²) in [6.07, 6.45) is 11.6. The van der Waals surface area contributed by atoms with Gasteiger partial charge in [0.15, 0.2) is 0 Å². The van der Waals surface area contributed by atoms with Gasteiger partial charge in [0.25, 0.3) is 0 Å². The van der Waals surface area contributed by atoms with Gasteiger partial charge in [-0.25, -0.2) is 24.9 Å². The Bertz CT molecular complexity index is 2040. The molecule has 280 valence electrons. The molecule has 2 fully saturated rings. The van der Waals surface area contributed by atoms with Crippen LogP contribution in [-0.2, 0) is 19.4 Å². The van der Waals surface area contributed by atoms with Crippen LogP contribution in [0.1, 0.15) is 70.2 Å². The quantitative estimate of drug-likeness (QED) is 0.0539. The minimum atomic E-state index is -0.587. The summed E-state index contributed by atoms with van der Waals surface area (Å²) < 4.78 is 0. The molecule has 0 unspecified atom stereocenters. The van der Waals surface area contributed by atoms with E-state index in [1.54, 1.807) is 25.4 Å². The number of likely N-dealkylation sites (tertiary alicyclic amines) is 2. The summed E-state index contributed by atoms with van der Waals surface area (Å²) in [5.41, 5.74) is 6.00. The lowest BCUT2D eigenvalue weighted by atomic mass is 10.0. The molecule has 0 spiro atoms. The summed E-state index contributed by atoms with van der Waals surface area (Å²) in [5, 5.41) is 3.24. The molecule has 2 aliphatic heterocycles. The van der Waals surface area contributed by atoms with Crippen molar-refractivity contribution in [2.24, 2.45) is 10.9 Å². The lowest BCUT2D eigenvalue weighted by molar-refractivity contribution is -0.188. The molecule has 7 rings (SSSR count). The monoisotopic (exact) mass is 730 g/mol. The summed E-state index contributed by atoms with van der Waals surface area (Å²) in [6, 6.07) is 17.2. The summed E-state index contributed by atoms with van der Waals surface area (Å²) in [4.78, 5) is 68.9. The van der Waals surface area contributed by atoms with E-state index in [0.29, 0.717) is 19.0 Å². The third-order valence-corrected chi connectivity index (χ3v) is 10.2. The molecule has 0 saturated carbocycles. The van der Waals surface area contributed by atoms with Gasteiger partial charge in [0.05, 0.1) is 43.0 Å². The number of imidazole rings is 2. The highest BCUT2D eigenvalue weighted by molar-refractivity contribution is 5.85. The van der Waals surface area contributed by atoms with Gasteiger partial charge in [-0.2, -0.15) is 4.89 Å². The fraction of sp³-hybridized carbons (Fsp3) is 0.375. The number of aromatic nitrogens is 6. The van der Waals surface area contributed by atoms with Crippen molar-refractivity contribution < 1.29 is 19.4 Å². The van der Waals surface area contributed by atoms with Crippen LogP contribution in [0.25, 0.3) is 33.6 Å². The van der Waals surface area contributed by atoms with Gasteiger partial charge in [-0.1, -0.05) is 62.4 Å². The molecule has 5 aromatic rings. The highest BCUT2D eigenvalue weighted by Gasteiger charge is 2.37. The fourth-order valence-electron chi connectivity index (χ4n) is 7.29. The Kier molecular flexibility index (Phi) is 11.1. The van der Waals surface area contributed by atoms with Crippen molar-refractivity contribution in [3.63, 3.8) is 0 Å². The van der Waals surface area contributed by atoms with E-state index in [-0.39, 0.29) is 29.8 Å². The van der Waals surface area contributed by atoms with Crippen LogP contribution >= 0.6 is 0 Å². The zero-order chi connectivity index (χ0) is 37.6. The van der Waals surface area contributed by atoms with Crippen molar-refractivity contribution in [2.45, 2.75) is 70.6 Å². The second-order valence-electron chi connectivity index (χ2n) is 14.0. The largest absolute Gasteiger partial charge is 0.342 e. The third-order valence-electron chi connectivity index (χ3n) is 10.2. The number of hydrogen-bond acceptors (Lipinski definition) is 10. The number of nitrogens with zero attached hydrogens (tertiary/aromatic N) is 7. The maximum atomic E-state index is 13.8. The number of aromatic amines is 2. The van der Waals surface area contributed by atoms with E-state index in [0.717, 1.165) is 77.4 Å². The maximum absolute atomic E-state index is 13.8. The number of nitrogens with one attached hydrogen (secondary N) is 3. The van der Waals surface area contributed by atoms with Gasteiger partial charge in [0.2, 0.25) is 24.2 Å². The topological polar surface area (TPSA) is 167 Å². The van der Waals surface area contributed by atoms with Crippen LogP contribution in [0.2, 0.25) is 0 Å². The van der Waals surface area contributed by atoms with Gasteiger partial charge in [0.1, 0.15) is 23.7 Å². The van der Waals surface area contributed by atoms with E-state index in [2.05, 4.69) is 88.6 Å². The van der Waals surface area contributed by atoms with Gasteiger partial charge in [-0.15, -0.1) is 0 Å². The molecule has 0 radical (unpaired) electrons. The van der Waals surface area contributed by atoms with E-state index < -0.39 is 12.1 Å².